The molecular formula is C25H19BrClNO4. The van der Waals surface area contributed by atoms with Crippen molar-refractivity contribution < 1.29 is 19.0 Å². The molecule has 5 nitrogen and oxygen atoms in total. The van der Waals surface area contributed by atoms with E-state index >= 15 is 0 Å². The average Bonchev–Trinajstić information content (AvgIpc) is 3.13. The molecule has 0 amide bonds. The number of aryl methyl sites for hydroxylation is 1. The fraction of sp³-hybridized carbons (Fsp3) is 0.120. The van der Waals surface area contributed by atoms with Gasteiger partial charge in [0.25, 0.3) is 0 Å². The fourth-order valence-electron chi connectivity index (χ4n) is 3.24. The maximum Gasteiger partial charge on any atom is 0.363 e. The van der Waals surface area contributed by atoms with Crippen LogP contribution in [-0.2, 0) is 16.1 Å². The highest BCUT2D eigenvalue weighted by molar-refractivity contribution is 9.10. The molecule has 0 spiro atoms. The summed E-state index contributed by atoms with van der Waals surface area (Å²) in [6.45, 7) is 2.26. The largest absolute Gasteiger partial charge is 0.493 e. The summed E-state index contributed by atoms with van der Waals surface area (Å²) < 4.78 is 17.7. The fourth-order valence-corrected chi connectivity index (χ4v) is 3.96. The second kappa shape index (κ2) is 9.59. The van der Waals surface area contributed by atoms with E-state index in [0.717, 1.165) is 21.2 Å². The normalized spacial score (nSPS) is 14.3. The number of methoxy groups -OCH3 is 1. The van der Waals surface area contributed by atoms with Gasteiger partial charge in [-0.3, -0.25) is 0 Å². The number of cyclic esters (lactones) is 1. The first-order chi connectivity index (χ1) is 15.4. The van der Waals surface area contributed by atoms with Gasteiger partial charge in [0.2, 0.25) is 5.90 Å². The molecule has 3 aromatic carbocycles. The molecule has 3 aromatic rings. The highest BCUT2D eigenvalue weighted by Crippen LogP contribution is 2.38. The van der Waals surface area contributed by atoms with Crippen LogP contribution < -0.4 is 9.47 Å². The van der Waals surface area contributed by atoms with Crippen LogP contribution in [-0.4, -0.2) is 19.0 Å². The predicted octanol–water partition coefficient (Wildman–Crippen LogP) is 6.34. The summed E-state index contributed by atoms with van der Waals surface area (Å²) in [5.74, 6) is 0.642. The highest BCUT2D eigenvalue weighted by Gasteiger charge is 2.25. The third kappa shape index (κ3) is 4.87. The number of esters is 1. The van der Waals surface area contributed by atoms with Gasteiger partial charge in [-0.05, 0) is 60.0 Å². The number of nitrogens with zero attached hydrogens (tertiary/aromatic N) is 1. The first kappa shape index (κ1) is 22.1. The zero-order valence-electron chi connectivity index (χ0n) is 17.4. The molecule has 1 heterocycles. The van der Waals surface area contributed by atoms with Crippen molar-refractivity contribution in [2.24, 2.45) is 4.99 Å². The Morgan fingerprint density at radius 2 is 1.94 bits per heavy atom. The molecule has 0 fully saturated rings. The van der Waals surface area contributed by atoms with Crippen molar-refractivity contribution in [3.63, 3.8) is 0 Å². The van der Waals surface area contributed by atoms with Crippen molar-refractivity contribution in [3.8, 4) is 11.5 Å². The van der Waals surface area contributed by atoms with Crippen molar-refractivity contribution in [2.45, 2.75) is 13.5 Å². The summed E-state index contributed by atoms with van der Waals surface area (Å²) in [6, 6.07) is 18.8. The van der Waals surface area contributed by atoms with Crippen LogP contribution in [0.5, 0.6) is 11.5 Å². The molecule has 0 unspecified atom stereocenters. The predicted molar refractivity (Wildman–Crippen MR) is 128 cm³/mol. The second-order valence-electron chi connectivity index (χ2n) is 7.10. The number of ether oxygens (including phenoxy) is 3. The van der Waals surface area contributed by atoms with E-state index in [4.69, 9.17) is 25.8 Å². The zero-order valence-corrected chi connectivity index (χ0v) is 19.7. The van der Waals surface area contributed by atoms with Gasteiger partial charge in [0.15, 0.2) is 17.2 Å². The van der Waals surface area contributed by atoms with Gasteiger partial charge in [-0.2, -0.15) is 0 Å². The Labute approximate surface area is 199 Å². The summed E-state index contributed by atoms with van der Waals surface area (Å²) >= 11 is 9.93. The lowest BCUT2D eigenvalue weighted by Gasteiger charge is -2.13. The number of carbonyl (C=O) groups is 1. The molecule has 0 saturated heterocycles. The Kier molecular flexibility index (Phi) is 6.63. The molecule has 0 aromatic heterocycles. The standard InChI is InChI=1S/C25H19BrClNO4/c1-15-6-3-4-9-19(15)24-28-21(25(29)32-24)12-17-11-20(27)23(22(13-17)30-2)31-14-16-7-5-8-18(26)10-16/h3-13H,14H2,1-2H3/b21-12-. The van der Waals surface area contributed by atoms with Crippen LogP contribution in [0.15, 0.2) is 75.8 Å². The first-order valence-corrected chi connectivity index (χ1v) is 10.9. The van der Waals surface area contributed by atoms with E-state index in [2.05, 4.69) is 20.9 Å². The summed E-state index contributed by atoms with van der Waals surface area (Å²) in [7, 11) is 1.53. The quantitative estimate of drug-likeness (QED) is 0.285. The summed E-state index contributed by atoms with van der Waals surface area (Å²) in [5.41, 5.74) is 3.55. The third-order valence-electron chi connectivity index (χ3n) is 4.82. The van der Waals surface area contributed by atoms with Gasteiger partial charge in [0, 0.05) is 10.0 Å². The molecule has 0 saturated carbocycles. The summed E-state index contributed by atoms with van der Waals surface area (Å²) in [6.07, 6.45) is 1.61. The topological polar surface area (TPSA) is 57.1 Å². The van der Waals surface area contributed by atoms with Gasteiger partial charge in [-0.15, -0.1) is 0 Å². The Hall–Kier alpha value is -3.09. The van der Waals surface area contributed by atoms with Gasteiger partial charge in [-0.25, -0.2) is 9.79 Å². The van der Waals surface area contributed by atoms with Crippen molar-refractivity contribution in [1.29, 1.82) is 0 Å². The van der Waals surface area contributed by atoms with Crippen molar-refractivity contribution in [2.75, 3.05) is 7.11 Å². The van der Waals surface area contributed by atoms with Crippen LogP contribution in [0.25, 0.3) is 6.08 Å². The maximum absolute atomic E-state index is 12.4. The van der Waals surface area contributed by atoms with Crippen molar-refractivity contribution in [1.82, 2.24) is 0 Å². The van der Waals surface area contributed by atoms with E-state index in [0.29, 0.717) is 28.7 Å². The second-order valence-corrected chi connectivity index (χ2v) is 8.43. The zero-order chi connectivity index (χ0) is 22.7. The number of carbonyl (C=O) groups excluding carboxylic acids is 1. The molecule has 0 bridgehead atoms. The molecule has 0 atom stereocenters. The number of hydrogen-bond acceptors (Lipinski definition) is 5. The minimum atomic E-state index is -0.520. The first-order valence-electron chi connectivity index (χ1n) is 9.78. The van der Waals surface area contributed by atoms with Gasteiger partial charge in [-0.1, -0.05) is 57.9 Å². The molecule has 1 aliphatic heterocycles. The van der Waals surface area contributed by atoms with Crippen molar-refractivity contribution in [3.05, 3.63) is 98.1 Å². The lowest BCUT2D eigenvalue weighted by molar-refractivity contribution is -0.129. The Bertz CT molecular complexity index is 1250. The minimum Gasteiger partial charge on any atom is -0.493 e. The summed E-state index contributed by atoms with van der Waals surface area (Å²) in [4.78, 5) is 16.7. The van der Waals surface area contributed by atoms with E-state index in [1.807, 2.05) is 55.5 Å². The van der Waals surface area contributed by atoms with Gasteiger partial charge >= 0.3 is 5.97 Å². The van der Waals surface area contributed by atoms with Gasteiger partial charge in [0.1, 0.15) is 6.61 Å². The van der Waals surface area contributed by atoms with E-state index in [9.17, 15) is 4.79 Å². The lowest BCUT2D eigenvalue weighted by atomic mass is 10.1. The van der Waals surface area contributed by atoms with Crippen LogP contribution in [0.2, 0.25) is 5.02 Å². The molecule has 7 heteroatoms. The van der Waals surface area contributed by atoms with Gasteiger partial charge < -0.3 is 14.2 Å². The molecule has 32 heavy (non-hydrogen) atoms. The highest BCUT2D eigenvalue weighted by atomic mass is 79.9. The Morgan fingerprint density at radius 3 is 2.69 bits per heavy atom. The average molecular weight is 513 g/mol. The molecule has 1 aliphatic rings. The van der Waals surface area contributed by atoms with Crippen LogP contribution in [0, 0.1) is 6.92 Å². The SMILES string of the molecule is COc1cc(/C=C2\N=C(c3ccccc3C)OC2=O)cc(Cl)c1OCc1cccc(Br)c1. The van der Waals surface area contributed by atoms with Crippen LogP contribution >= 0.6 is 27.5 Å². The van der Waals surface area contributed by atoms with Crippen molar-refractivity contribution >= 4 is 45.5 Å². The van der Waals surface area contributed by atoms with E-state index in [-0.39, 0.29) is 11.6 Å². The van der Waals surface area contributed by atoms with E-state index < -0.39 is 5.97 Å². The molecule has 4 rings (SSSR count). The smallest absolute Gasteiger partial charge is 0.363 e. The molecule has 0 aliphatic carbocycles. The van der Waals surface area contributed by atoms with Crippen LogP contribution in [0.4, 0.5) is 0 Å². The van der Waals surface area contributed by atoms with Crippen LogP contribution in [0.3, 0.4) is 0 Å². The summed E-state index contributed by atoms with van der Waals surface area (Å²) in [5, 5.41) is 0.362. The van der Waals surface area contributed by atoms with E-state index in [1.54, 1.807) is 18.2 Å². The minimum absolute atomic E-state index is 0.184. The molecule has 162 valence electrons. The lowest BCUT2D eigenvalue weighted by Crippen LogP contribution is -2.06. The number of hydrogen-bond donors (Lipinski definition) is 0. The monoisotopic (exact) mass is 511 g/mol. The third-order valence-corrected chi connectivity index (χ3v) is 5.60. The molecular weight excluding hydrogens is 494 g/mol. The number of rotatable bonds is 6. The molecule has 0 radical (unpaired) electrons. The van der Waals surface area contributed by atoms with E-state index in [1.165, 1.54) is 7.11 Å². The van der Waals surface area contributed by atoms with Gasteiger partial charge in [0.05, 0.1) is 12.1 Å². The molecule has 0 N–H and O–H groups in total. The number of halogens is 2. The maximum atomic E-state index is 12.4. The van der Waals surface area contributed by atoms with Crippen LogP contribution in [0.1, 0.15) is 22.3 Å². The number of aliphatic imine (C=N–C) groups is 1. The Balaban J connectivity index is 1.60. The number of benzene rings is 3. The Morgan fingerprint density at radius 1 is 1.12 bits per heavy atom.